The summed E-state index contributed by atoms with van der Waals surface area (Å²) in [5, 5.41) is 8.93. The lowest BCUT2D eigenvalue weighted by atomic mass is 9.53. The van der Waals surface area contributed by atoms with Crippen LogP contribution in [0.25, 0.3) is 0 Å². The fraction of sp³-hybridized carbons (Fsp3) is 0.875. The number of nitrogens with zero attached hydrogens (tertiary/aromatic N) is 2. The Morgan fingerprint density at radius 1 is 0.781 bits per heavy atom. The fourth-order valence-corrected chi connectivity index (χ4v) is 7.15. The molecule has 178 valence electrons. The molecule has 32 heavy (non-hydrogen) atoms. The van der Waals surface area contributed by atoms with E-state index in [1.54, 1.807) is 0 Å². The van der Waals surface area contributed by atoms with Gasteiger partial charge >= 0.3 is 6.03 Å². The van der Waals surface area contributed by atoms with Crippen molar-refractivity contribution < 1.29 is 14.4 Å². The molecule has 1 saturated heterocycles. The first-order valence-corrected chi connectivity index (χ1v) is 12.7. The van der Waals surface area contributed by atoms with Crippen molar-refractivity contribution in [2.75, 3.05) is 26.2 Å². The Hall–Kier alpha value is -1.67. The molecule has 6 aliphatic rings. The number of hydrogen-bond acceptors (Lipinski definition) is 5. The van der Waals surface area contributed by atoms with E-state index in [9.17, 15) is 14.4 Å². The zero-order valence-electron chi connectivity index (χ0n) is 19.6. The van der Waals surface area contributed by atoms with Crippen molar-refractivity contribution in [2.24, 2.45) is 17.8 Å². The molecule has 8 heteroatoms. The highest BCUT2D eigenvalue weighted by atomic mass is 16.2. The maximum Gasteiger partial charge on any atom is 0.321 e. The highest BCUT2D eigenvalue weighted by Gasteiger charge is 2.51. The van der Waals surface area contributed by atoms with Gasteiger partial charge in [-0.2, -0.15) is 0 Å². The molecule has 5 aliphatic carbocycles. The Balaban J connectivity index is 1.07. The van der Waals surface area contributed by atoms with Gasteiger partial charge in [0.2, 0.25) is 11.8 Å². The molecule has 1 heterocycles. The van der Waals surface area contributed by atoms with E-state index in [1.807, 2.05) is 13.8 Å². The van der Waals surface area contributed by atoms with Gasteiger partial charge < -0.3 is 10.6 Å². The average Bonchev–Trinajstić information content (AvgIpc) is 3.55. The molecule has 0 aromatic rings. The summed E-state index contributed by atoms with van der Waals surface area (Å²) in [5.41, 5.74) is -0.0921. The van der Waals surface area contributed by atoms with E-state index in [0.717, 1.165) is 62.9 Å². The van der Waals surface area contributed by atoms with Crippen molar-refractivity contribution in [3.8, 4) is 0 Å². The molecular formula is C24H39N5O3. The van der Waals surface area contributed by atoms with Gasteiger partial charge in [-0.15, -0.1) is 0 Å². The van der Waals surface area contributed by atoms with Crippen LogP contribution in [0, 0.1) is 17.8 Å². The highest BCUT2D eigenvalue weighted by molar-refractivity contribution is 5.97. The monoisotopic (exact) mass is 445 g/mol. The zero-order chi connectivity index (χ0) is 22.5. The van der Waals surface area contributed by atoms with Crippen LogP contribution in [0.1, 0.15) is 65.2 Å². The van der Waals surface area contributed by atoms with Crippen molar-refractivity contribution in [1.82, 2.24) is 25.8 Å². The average molecular weight is 446 g/mol. The van der Waals surface area contributed by atoms with Crippen LogP contribution in [0.5, 0.6) is 0 Å². The van der Waals surface area contributed by atoms with Crippen LogP contribution in [0.15, 0.2) is 0 Å². The molecule has 0 radical (unpaired) electrons. The molecule has 6 fully saturated rings. The summed E-state index contributed by atoms with van der Waals surface area (Å²) in [7, 11) is 0. The number of amides is 4. The number of piperazine rings is 1. The fourth-order valence-electron chi connectivity index (χ4n) is 7.15. The highest BCUT2D eigenvalue weighted by Crippen LogP contribution is 2.55. The number of imide groups is 1. The van der Waals surface area contributed by atoms with Crippen LogP contribution in [0.3, 0.4) is 0 Å². The lowest BCUT2D eigenvalue weighted by molar-refractivity contribution is -0.129. The molecular weight excluding hydrogens is 406 g/mol. The third-order valence-corrected chi connectivity index (χ3v) is 8.78. The maximum absolute atomic E-state index is 12.8. The van der Waals surface area contributed by atoms with Crippen molar-refractivity contribution in [3.05, 3.63) is 0 Å². The van der Waals surface area contributed by atoms with Crippen LogP contribution in [0.2, 0.25) is 0 Å². The van der Waals surface area contributed by atoms with E-state index in [0.29, 0.717) is 19.1 Å². The lowest BCUT2D eigenvalue weighted by Gasteiger charge is -2.56. The van der Waals surface area contributed by atoms with Gasteiger partial charge in [-0.1, -0.05) is 0 Å². The largest absolute Gasteiger partial charge is 0.352 e. The summed E-state index contributed by atoms with van der Waals surface area (Å²) in [6.07, 6.45) is 9.38. The number of nitrogens with one attached hydrogen (secondary N) is 3. The smallest absolute Gasteiger partial charge is 0.321 e. The van der Waals surface area contributed by atoms with Crippen LogP contribution < -0.4 is 16.0 Å². The van der Waals surface area contributed by atoms with E-state index in [2.05, 4.69) is 25.8 Å². The molecule has 0 spiro atoms. The van der Waals surface area contributed by atoms with Gasteiger partial charge in [0.05, 0.1) is 12.1 Å². The van der Waals surface area contributed by atoms with Crippen molar-refractivity contribution in [1.29, 1.82) is 0 Å². The molecule has 3 N–H and O–H groups in total. The Labute approximate surface area is 191 Å². The van der Waals surface area contributed by atoms with Gasteiger partial charge in [0.1, 0.15) is 0 Å². The summed E-state index contributed by atoms with van der Waals surface area (Å²) in [6.45, 7) is 6.75. The molecule has 5 saturated carbocycles. The number of rotatable bonds is 6. The molecule has 6 rings (SSSR count). The quantitative estimate of drug-likeness (QED) is 0.576. The van der Waals surface area contributed by atoms with Gasteiger partial charge in [0.15, 0.2) is 0 Å². The maximum atomic E-state index is 12.8. The zero-order valence-corrected chi connectivity index (χ0v) is 19.6. The van der Waals surface area contributed by atoms with Crippen LogP contribution in [0.4, 0.5) is 4.79 Å². The molecule has 1 aliphatic heterocycles. The third kappa shape index (κ3) is 4.67. The standard InChI is InChI=1S/C24H39N5O3/c1-15(21(30)25-20-3-4-20)28-5-7-29(8-6-28)16(2)22(31)26-23(32)27-24-12-17-9-18(13-24)11-19(10-17)14-24/h15-20H,3-14H2,1-2H3,(H,25,30)(H2,26,27,31,32)/t15-,16-,17?,18?,19?,24?/m0/s1. The molecule has 2 atom stereocenters. The molecule has 0 aromatic carbocycles. The van der Waals surface area contributed by atoms with Gasteiger partial charge in [-0.05, 0) is 83.0 Å². The molecule has 8 nitrogen and oxygen atoms in total. The van der Waals surface area contributed by atoms with Gasteiger partial charge in [0.25, 0.3) is 0 Å². The first kappa shape index (κ1) is 22.1. The van der Waals surface area contributed by atoms with E-state index in [1.165, 1.54) is 19.3 Å². The van der Waals surface area contributed by atoms with E-state index in [4.69, 9.17) is 0 Å². The minimum Gasteiger partial charge on any atom is -0.352 e. The van der Waals surface area contributed by atoms with Gasteiger partial charge in [-0.3, -0.25) is 24.7 Å². The normalized spacial score (nSPS) is 36.4. The minimum atomic E-state index is -0.366. The van der Waals surface area contributed by atoms with Crippen LogP contribution in [-0.4, -0.2) is 77.5 Å². The summed E-state index contributed by atoms with van der Waals surface area (Å²) in [5.74, 6) is 2.12. The van der Waals surface area contributed by atoms with Crippen LogP contribution in [-0.2, 0) is 9.59 Å². The third-order valence-electron chi connectivity index (χ3n) is 8.78. The Kier molecular flexibility index (Phi) is 5.95. The number of carbonyl (C=O) groups is 3. The second-order valence-electron chi connectivity index (χ2n) is 11.3. The molecule has 0 aromatic heterocycles. The Morgan fingerprint density at radius 3 is 1.72 bits per heavy atom. The van der Waals surface area contributed by atoms with E-state index in [-0.39, 0.29) is 35.5 Å². The molecule has 0 unspecified atom stereocenters. The number of urea groups is 1. The van der Waals surface area contributed by atoms with Gasteiger partial charge in [-0.25, -0.2) is 4.79 Å². The number of hydrogen-bond donors (Lipinski definition) is 3. The first-order chi connectivity index (χ1) is 15.3. The first-order valence-electron chi connectivity index (χ1n) is 12.7. The Bertz CT molecular complexity index is 723. The summed E-state index contributed by atoms with van der Waals surface area (Å²) in [6, 6.07) is -0.463. The second kappa shape index (κ2) is 8.60. The minimum absolute atomic E-state index is 0.0921. The van der Waals surface area contributed by atoms with Crippen molar-refractivity contribution >= 4 is 17.8 Å². The van der Waals surface area contributed by atoms with Crippen molar-refractivity contribution in [3.63, 3.8) is 0 Å². The van der Waals surface area contributed by atoms with Gasteiger partial charge in [0, 0.05) is 37.8 Å². The number of carbonyl (C=O) groups excluding carboxylic acids is 3. The van der Waals surface area contributed by atoms with E-state index < -0.39 is 0 Å². The summed E-state index contributed by atoms with van der Waals surface area (Å²) in [4.78, 5) is 42.1. The van der Waals surface area contributed by atoms with E-state index >= 15 is 0 Å². The van der Waals surface area contributed by atoms with Crippen molar-refractivity contribution in [2.45, 2.75) is 88.9 Å². The van der Waals surface area contributed by atoms with Crippen LogP contribution >= 0.6 is 0 Å². The topological polar surface area (TPSA) is 93.8 Å². The Morgan fingerprint density at radius 2 is 1.25 bits per heavy atom. The predicted octanol–water partition coefficient (Wildman–Crippen LogP) is 1.45. The second-order valence-corrected chi connectivity index (χ2v) is 11.3. The molecule has 4 bridgehead atoms. The molecule has 4 amide bonds. The SMILES string of the molecule is C[C@@H](C(=O)NC(=O)NC12CC3CC(CC(C3)C1)C2)N1CCN([C@@H](C)C(=O)NC2CC2)CC1. The summed E-state index contributed by atoms with van der Waals surface area (Å²) < 4.78 is 0. The summed E-state index contributed by atoms with van der Waals surface area (Å²) >= 11 is 0. The lowest BCUT2D eigenvalue weighted by Crippen LogP contribution is -2.63. The predicted molar refractivity (Wildman–Crippen MR) is 121 cm³/mol.